The summed E-state index contributed by atoms with van der Waals surface area (Å²) >= 11 is 0. The summed E-state index contributed by atoms with van der Waals surface area (Å²) in [5, 5.41) is 0. The van der Waals surface area contributed by atoms with Crippen molar-refractivity contribution in [2.75, 3.05) is 32.7 Å². The lowest BCUT2D eigenvalue weighted by Gasteiger charge is -2.38. The normalized spacial score (nSPS) is 23.6. The molecule has 0 radical (unpaired) electrons. The minimum atomic E-state index is 0.544. The molecule has 0 aromatic carbocycles. The van der Waals surface area contributed by atoms with E-state index in [1.54, 1.807) is 0 Å². The van der Waals surface area contributed by atoms with Gasteiger partial charge in [0.15, 0.2) is 0 Å². The van der Waals surface area contributed by atoms with Gasteiger partial charge in [-0.2, -0.15) is 0 Å². The fraction of sp³-hybridized carbons (Fsp3) is 0.706. The molecule has 3 heterocycles. The van der Waals surface area contributed by atoms with Crippen molar-refractivity contribution in [3.8, 4) is 0 Å². The summed E-state index contributed by atoms with van der Waals surface area (Å²) in [7, 11) is 0. The smallest absolute Gasteiger partial charge is 0.0490 e. The van der Waals surface area contributed by atoms with E-state index in [0.29, 0.717) is 6.04 Å². The van der Waals surface area contributed by atoms with Crippen molar-refractivity contribution < 1.29 is 0 Å². The van der Waals surface area contributed by atoms with Gasteiger partial charge in [-0.15, -0.1) is 0 Å². The Morgan fingerprint density at radius 3 is 2.30 bits per heavy atom. The van der Waals surface area contributed by atoms with Crippen LogP contribution in [0.5, 0.6) is 0 Å². The Labute approximate surface area is 123 Å². The van der Waals surface area contributed by atoms with Crippen LogP contribution in [0.2, 0.25) is 0 Å². The molecule has 1 unspecified atom stereocenters. The number of hydrogen-bond acceptors (Lipinski definition) is 3. The minimum absolute atomic E-state index is 0.544. The summed E-state index contributed by atoms with van der Waals surface area (Å²) in [4.78, 5) is 9.70. The highest BCUT2D eigenvalue weighted by Gasteiger charge is 2.25. The maximum Gasteiger partial charge on any atom is 0.0490 e. The Morgan fingerprint density at radius 1 is 0.950 bits per heavy atom. The molecule has 110 valence electrons. The van der Waals surface area contributed by atoms with Gasteiger partial charge in [0.25, 0.3) is 0 Å². The maximum absolute atomic E-state index is 4.35. The van der Waals surface area contributed by atoms with Crippen LogP contribution in [0.1, 0.15) is 50.1 Å². The average Bonchev–Trinajstić information content (AvgIpc) is 2.55. The van der Waals surface area contributed by atoms with E-state index in [9.17, 15) is 0 Å². The van der Waals surface area contributed by atoms with E-state index in [4.69, 9.17) is 0 Å². The largest absolute Gasteiger partial charge is 0.301 e. The van der Waals surface area contributed by atoms with Crippen LogP contribution in [0, 0.1) is 0 Å². The third-order valence-electron chi connectivity index (χ3n) is 4.78. The molecule has 2 aliphatic heterocycles. The molecule has 3 rings (SSSR count). The number of aromatic nitrogens is 1. The molecule has 0 saturated carbocycles. The van der Waals surface area contributed by atoms with E-state index in [1.165, 1.54) is 76.8 Å². The number of rotatable bonds is 4. The van der Waals surface area contributed by atoms with Gasteiger partial charge in [-0.25, -0.2) is 0 Å². The van der Waals surface area contributed by atoms with Crippen molar-refractivity contribution in [2.24, 2.45) is 0 Å². The maximum atomic E-state index is 4.35. The summed E-state index contributed by atoms with van der Waals surface area (Å²) < 4.78 is 0. The van der Waals surface area contributed by atoms with Gasteiger partial charge in [0.05, 0.1) is 0 Å². The zero-order valence-electron chi connectivity index (χ0n) is 12.5. The molecule has 2 aliphatic rings. The monoisotopic (exact) mass is 273 g/mol. The fourth-order valence-corrected chi connectivity index (χ4v) is 3.62. The van der Waals surface area contributed by atoms with Crippen molar-refractivity contribution in [3.63, 3.8) is 0 Å². The number of piperidine rings is 2. The van der Waals surface area contributed by atoms with Crippen molar-refractivity contribution >= 4 is 0 Å². The van der Waals surface area contributed by atoms with Gasteiger partial charge in [-0.05, 0) is 63.5 Å². The third-order valence-corrected chi connectivity index (χ3v) is 4.78. The Morgan fingerprint density at radius 2 is 1.65 bits per heavy atom. The van der Waals surface area contributed by atoms with Crippen LogP contribution in [-0.2, 0) is 0 Å². The number of pyridine rings is 1. The van der Waals surface area contributed by atoms with Crippen molar-refractivity contribution in [1.82, 2.24) is 14.8 Å². The molecule has 2 fully saturated rings. The SMILES string of the molecule is c1cncc(C(CN2CCCCC2)N2CCCCC2)c1. The van der Waals surface area contributed by atoms with Gasteiger partial charge in [0, 0.05) is 25.0 Å². The van der Waals surface area contributed by atoms with E-state index in [1.807, 2.05) is 6.20 Å². The second kappa shape index (κ2) is 7.19. The second-order valence-electron chi connectivity index (χ2n) is 6.26. The Kier molecular flexibility index (Phi) is 5.04. The Bertz CT molecular complexity index is 380. The molecule has 1 aromatic rings. The molecule has 0 bridgehead atoms. The quantitative estimate of drug-likeness (QED) is 0.840. The lowest BCUT2D eigenvalue weighted by molar-refractivity contribution is 0.108. The molecule has 3 heteroatoms. The van der Waals surface area contributed by atoms with Gasteiger partial charge in [0.1, 0.15) is 0 Å². The van der Waals surface area contributed by atoms with Crippen molar-refractivity contribution in [2.45, 2.75) is 44.6 Å². The number of hydrogen-bond donors (Lipinski definition) is 0. The second-order valence-corrected chi connectivity index (χ2v) is 6.26. The first-order valence-electron chi connectivity index (χ1n) is 8.30. The standard InChI is InChI=1S/C17H27N3/c1-3-10-19(11-4-1)15-17(16-8-7-9-18-14-16)20-12-5-2-6-13-20/h7-9,14,17H,1-6,10-13,15H2. The molecule has 1 aromatic heterocycles. The summed E-state index contributed by atoms with van der Waals surface area (Å²) in [6, 6.07) is 4.89. The van der Waals surface area contributed by atoms with Gasteiger partial charge in [-0.1, -0.05) is 18.9 Å². The minimum Gasteiger partial charge on any atom is -0.301 e. The van der Waals surface area contributed by atoms with Crippen LogP contribution < -0.4 is 0 Å². The molecule has 0 N–H and O–H groups in total. The molecule has 0 spiro atoms. The molecule has 0 amide bonds. The summed E-state index contributed by atoms with van der Waals surface area (Å²) in [6.07, 6.45) is 12.2. The molecular weight excluding hydrogens is 246 g/mol. The summed E-state index contributed by atoms with van der Waals surface area (Å²) in [5.74, 6) is 0. The van der Waals surface area contributed by atoms with E-state index in [2.05, 4.69) is 33.1 Å². The first-order chi connectivity index (χ1) is 9.93. The zero-order valence-corrected chi connectivity index (χ0v) is 12.5. The van der Waals surface area contributed by atoms with Crippen molar-refractivity contribution in [3.05, 3.63) is 30.1 Å². The summed E-state index contributed by atoms with van der Waals surface area (Å²) in [6.45, 7) is 6.27. The highest BCUT2D eigenvalue weighted by atomic mass is 15.2. The van der Waals surface area contributed by atoms with E-state index in [0.717, 1.165) is 0 Å². The average molecular weight is 273 g/mol. The Hall–Kier alpha value is -0.930. The number of likely N-dealkylation sites (tertiary alicyclic amines) is 2. The molecular formula is C17H27N3. The Balaban J connectivity index is 1.72. The predicted molar refractivity (Wildman–Crippen MR) is 82.7 cm³/mol. The van der Waals surface area contributed by atoms with Gasteiger partial charge in [0.2, 0.25) is 0 Å². The van der Waals surface area contributed by atoms with Crippen molar-refractivity contribution in [1.29, 1.82) is 0 Å². The van der Waals surface area contributed by atoms with Crippen LogP contribution in [0.25, 0.3) is 0 Å². The highest BCUT2D eigenvalue weighted by molar-refractivity contribution is 5.15. The molecule has 3 nitrogen and oxygen atoms in total. The van der Waals surface area contributed by atoms with E-state index < -0.39 is 0 Å². The topological polar surface area (TPSA) is 19.4 Å². The lowest BCUT2D eigenvalue weighted by Crippen LogP contribution is -2.42. The first kappa shape index (κ1) is 14.0. The first-order valence-corrected chi connectivity index (χ1v) is 8.30. The molecule has 1 atom stereocenters. The van der Waals surface area contributed by atoms with Crippen LogP contribution in [-0.4, -0.2) is 47.5 Å². The predicted octanol–water partition coefficient (Wildman–Crippen LogP) is 3.09. The van der Waals surface area contributed by atoms with Gasteiger partial charge >= 0.3 is 0 Å². The molecule has 20 heavy (non-hydrogen) atoms. The van der Waals surface area contributed by atoms with Gasteiger partial charge in [-0.3, -0.25) is 9.88 Å². The molecule has 2 saturated heterocycles. The van der Waals surface area contributed by atoms with Crippen LogP contribution in [0.4, 0.5) is 0 Å². The van der Waals surface area contributed by atoms with E-state index >= 15 is 0 Å². The summed E-state index contributed by atoms with van der Waals surface area (Å²) in [5.41, 5.74) is 1.40. The molecule has 0 aliphatic carbocycles. The van der Waals surface area contributed by atoms with Crippen LogP contribution >= 0.6 is 0 Å². The van der Waals surface area contributed by atoms with E-state index in [-0.39, 0.29) is 0 Å². The lowest BCUT2D eigenvalue weighted by atomic mass is 10.0. The zero-order chi connectivity index (χ0) is 13.6. The van der Waals surface area contributed by atoms with Crippen LogP contribution in [0.15, 0.2) is 24.5 Å². The van der Waals surface area contributed by atoms with Gasteiger partial charge < -0.3 is 4.90 Å². The highest BCUT2D eigenvalue weighted by Crippen LogP contribution is 2.26. The van der Waals surface area contributed by atoms with Crippen LogP contribution in [0.3, 0.4) is 0 Å². The third kappa shape index (κ3) is 3.58. The fourth-order valence-electron chi connectivity index (χ4n) is 3.62. The number of nitrogens with zero attached hydrogens (tertiary/aromatic N) is 3.